The van der Waals surface area contributed by atoms with Crippen LogP contribution in [0, 0.1) is 5.82 Å². The van der Waals surface area contributed by atoms with Gasteiger partial charge in [0.25, 0.3) is 0 Å². The standard InChI is InChI=1S/C28H28FN5O2/c1-32-14-16-34(17-15-32)28(36)33(2)22-11-9-21(10-12-22)30-26(19-6-4-3-5-7-19)25-23-13-8-20(29)18-24(23)31-27(25)35/h3-13,18,25H,14-17H2,1-2H3,(H,31,35). The average molecular weight is 486 g/mol. The van der Waals surface area contributed by atoms with Gasteiger partial charge in [-0.05, 0) is 54.6 Å². The fourth-order valence-corrected chi connectivity index (χ4v) is 4.62. The molecule has 0 bridgehead atoms. The number of hydrogen-bond donors (Lipinski definition) is 1. The molecule has 2 heterocycles. The Kier molecular flexibility index (Phi) is 6.52. The molecule has 3 aromatic carbocycles. The quantitative estimate of drug-likeness (QED) is 0.554. The Morgan fingerprint density at radius 1 is 1.00 bits per heavy atom. The average Bonchev–Trinajstić information content (AvgIpc) is 3.22. The van der Waals surface area contributed by atoms with Crippen LogP contribution in [0.4, 0.5) is 26.2 Å². The van der Waals surface area contributed by atoms with Crippen LogP contribution in [0.2, 0.25) is 0 Å². The molecule has 2 aliphatic heterocycles. The molecule has 1 saturated heterocycles. The zero-order valence-electron chi connectivity index (χ0n) is 20.3. The summed E-state index contributed by atoms with van der Waals surface area (Å²) in [5.74, 6) is -1.31. The highest BCUT2D eigenvalue weighted by Crippen LogP contribution is 2.36. The largest absolute Gasteiger partial charge is 0.325 e. The number of nitrogens with zero attached hydrogens (tertiary/aromatic N) is 4. The molecule has 5 rings (SSSR count). The fraction of sp³-hybridized carbons (Fsp3) is 0.250. The summed E-state index contributed by atoms with van der Waals surface area (Å²) in [6, 6.07) is 21.2. The van der Waals surface area contributed by atoms with Crippen LogP contribution in [0.15, 0.2) is 77.8 Å². The van der Waals surface area contributed by atoms with Gasteiger partial charge in [-0.25, -0.2) is 9.18 Å². The number of aliphatic imine (C=N–C) groups is 1. The first-order valence-corrected chi connectivity index (χ1v) is 12.0. The van der Waals surface area contributed by atoms with Gasteiger partial charge in [-0.15, -0.1) is 0 Å². The van der Waals surface area contributed by atoms with Crippen LogP contribution in [-0.2, 0) is 4.79 Å². The Labute approximate surface area is 209 Å². The van der Waals surface area contributed by atoms with Gasteiger partial charge in [-0.1, -0.05) is 36.4 Å². The Hall–Kier alpha value is -4.04. The summed E-state index contributed by atoms with van der Waals surface area (Å²) in [6.45, 7) is 3.13. The van der Waals surface area contributed by atoms with Crippen LogP contribution in [0.25, 0.3) is 0 Å². The van der Waals surface area contributed by atoms with E-state index in [1.54, 1.807) is 18.0 Å². The lowest BCUT2D eigenvalue weighted by Crippen LogP contribution is -2.51. The van der Waals surface area contributed by atoms with Crippen LogP contribution in [0.1, 0.15) is 17.0 Å². The molecule has 0 aliphatic carbocycles. The molecule has 7 nitrogen and oxygen atoms in total. The number of urea groups is 1. The number of hydrogen-bond acceptors (Lipinski definition) is 4. The van der Waals surface area contributed by atoms with Crippen molar-refractivity contribution in [1.29, 1.82) is 0 Å². The van der Waals surface area contributed by atoms with E-state index in [1.807, 2.05) is 59.5 Å². The lowest BCUT2D eigenvalue weighted by Gasteiger charge is -2.35. The predicted molar refractivity (Wildman–Crippen MR) is 140 cm³/mol. The third-order valence-electron chi connectivity index (χ3n) is 6.74. The molecule has 0 aromatic heterocycles. The van der Waals surface area contributed by atoms with Gasteiger partial charge in [-0.2, -0.15) is 0 Å². The lowest BCUT2D eigenvalue weighted by molar-refractivity contribution is -0.115. The Morgan fingerprint density at radius 2 is 1.69 bits per heavy atom. The number of rotatable bonds is 4. The highest BCUT2D eigenvalue weighted by molar-refractivity contribution is 6.24. The maximum absolute atomic E-state index is 13.8. The number of piperazine rings is 1. The second-order valence-corrected chi connectivity index (χ2v) is 9.17. The van der Waals surface area contributed by atoms with Gasteiger partial charge in [0.1, 0.15) is 11.7 Å². The van der Waals surface area contributed by atoms with Crippen molar-refractivity contribution >= 4 is 34.7 Å². The van der Waals surface area contributed by atoms with Gasteiger partial charge in [0, 0.05) is 44.6 Å². The fourth-order valence-electron chi connectivity index (χ4n) is 4.62. The number of carbonyl (C=O) groups excluding carboxylic acids is 2. The zero-order valence-corrected chi connectivity index (χ0v) is 20.3. The summed E-state index contributed by atoms with van der Waals surface area (Å²) in [7, 11) is 3.83. The summed E-state index contributed by atoms with van der Waals surface area (Å²) in [6.07, 6.45) is 0. The molecular weight excluding hydrogens is 457 g/mol. The number of carbonyl (C=O) groups is 2. The second-order valence-electron chi connectivity index (χ2n) is 9.17. The first-order chi connectivity index (χ1) is 17.4. The molecule has 3 aromatic rings. The second kappa shape index (κ2) is 9.91. The molecule has 0 radical (unpaired) electrons. The third-order valence-corrected chi connectivity index (χ3v) is 6.74. The highest BCUT2D eigenvalue weighted by atomic mass is 19.1. The van der Waals surface area contributed by atoms with E-state index in [9.17, 15) is 14.0 Å². The first kappa shape index (κ1) is 23.7. The van der Waals surface area contributed by atoms with E-state index < -0.39 is 11.7 Å². The van der Waals surface area contributed by atoms with Gasteiger partial charge < -0.3 is 15.1 Å². The third kappa shape index (κ3) is 4.72. The zero-order chi connectivity index (χ0) is 25.2. The Balaban J connectivity index is 1.44. The molecule has 36 heavy (non-hydrogen) atoms. The van der Waals surface area contributed by atoms with Crippen LogP contribution in [0.3, 0.4) is 0 Å². The summed E-state index contributed by atoms with van der Waals surface area (Å²) < 4.78 is 13.8. The highest BCUT2D eigenvalue weighted by Gasteiger charge is 2.35. The van der Waals surface area contributed by atoms with Crippen molar-refractivity contribution in [1.82, 2.24) is 9.80 Å². The van der Waals surface area contributed by atoms with Crippen molar-refractivity contribution in [3.63, 3.8) is 0 Å². The van der Waals surface area contributed by atoms with Crippen LogP contribution >= 0.6 is 0 Å². The van der Waals surface area contributed by atoms with Crippen molar-refractivity contribution in [2.24, 2.45) is 4.99 Å². The van der Waals surface area contributed by atoms with Gasteiger partial charge >= 0.3 is 6.03 Å². The maximum Gasteiger partial charge on any atom is 0.324 e. The van der Waals surface area contributed by atoms with Crippen LogP contribution in [-0.4, -0.2) is 67.7 Å². The predicted octanol–water partition coefficient (Wildman–Crippen LogP) is 4.49. The Morgan fingerprint density at radius 3 is 2.39 bits per heavy atom. The minimum atomic E-state index is -0.663. The number of likely N-dealkylation sites (N-methyl/N-ethyl adjacent to an activating group) is 1. The van der Waals surface area contributed by atoms with E-state index in [0.29, 0.717) is 35.7 Å². The topological polar surface area (TPSA) is 68.2 Å². The molecule has 184 valence electrons. The van der Waals surface area contributed by atoms with E-state index >= 15 is 0 Å². The van der Waals surface area contributed by atoms with E-state index in [-0.39, 0.29) is 11.9 Å². The SMILES string of the molecule is CN1CCN(C(=O)N(C)c2ccc(N=C(c3ccccc3)C3C(=O)Nc4cc(F)ccc43)cc2)CC1. The number of amides is 3. The van der Waals surface area contributed by atoms with Crippen LogP contribution in [0.5, 0.6) is 0 Å². The van der Waals surface area contributed by atoms with Crippen molar-refractivity contribution in [2.75, 3.05) is 50.5 Å². The van der Waals surface area contributed by atoms with Crippen molar-refractivity contribution in [2.45, 2.75) is 5.92 Å². The monoisotopic (exact) mass is 485 g/mol. The van der Waals surface area contributed by atoms with Gasteiger partial charge in [-0.3, -0.25) is 14.7 Å². The van der Waals surface area contributed by atoms with Crippen molar-refractivity contribution in [3.05, 3.63) is 89.7 Å². The minimum Gasteiger partial charge on any atom is -0.325 e. The van der Waals surface area contributed by atoms with Gasteiger partial charge in [0.15, 0.2) is 0 Å². The molecule has 2 aliphatic rings. The maximum atomic E-state index is 13.8. The molecule has 8 heteroatoms. The number of nitrogens with one attached hydrogen (secondary N) is 1. The normalized spacial score (nSPS) is 18.1. The summed E-state index contributed by atoms with van der Waals surface area (Å²) in [5.41, 5.74) is 3.96. The first-order valence-electron chi connectivity index (χ1n) is 12.0. The van der Waals surface area contributed by atoms with Gasteiger partial charge in [0.05, 0.1) is 11.4 Å². The van der Waals surface area contributed by atoms with E-state index in [0.717, 1.165) is 24.3 Å². The summed E-state index contributed by atoms with van der Waals surface area (Å²) in [5, 5.41) is 2.78. The molecule has 3 amide bonds. The summed E-state index contributed by atoms with van der Waals surface area (Å²) >= 11 is 0. The molecule has 1 fully saturated rings. The molecule has 1 unspecified atom stereocenters. The minimum absolute atomic E-state index is 0.0317. The molecule has 0 saturated carbocycles. The van der Waals surface area contributed by atoms with E-state index in [2.05, 4.69) is 17.3 Å². The smallest absolute Gasteiger partial charge is 0.324 e. The number of halogens is 1. The Bertz CT molecular complexity index is 1300. The van der Waals surface area contributed by atoms with Crippen molar-refractivity contribution < 1.29 is 14.0 Å². The number of fused-ring (bicyclic) bond motifs is 1. The molecule has 1 N–H and O–H groups in total. The van der Waals surface area contributed by atoms with Gasteiger partial charge in [0.2, 0.25) is 5.91 Å². The van der Waals surface area contributed by atoms with Crippen LogP contribution < -0.4 is 10.2 Å². The molecule has 1 atom stereocenters. The molecular formula is C28H28FN5O2. The summed E-state index contributed by atoms with van der Waals surface area (Å²) in [4.78, 5) is 36.5. The number of benzene rings is 3. The van der Waals surface area contributed by atoms with Crippen molar-refractivity contribution in [3.8, 4) is 0 Å². The molecule has 0 spiro atoms. The number of anilines is 2. The lowest BCUT2D eigenvalue weighted by atomic mass is 9.90. The van der Waals surface area contributed by atoms with E-state index in [1.165, 1.54) is 12.1 Å². The van der Waals surface area contributed by atoms with E-state index in [4.69, 9.17) is 4.99 Å².